The number of esters is 1. The van der Waals surface area contributed by atoms with Gasteiger partial charge in [0.1, 0.15) is 29.7 Å². The van der Waals surface area contributed by atoms with Gasteiger partial charge in [0, 0.05) is 30.6 Å². The summed E-state index contributed by atoms with van der Waals surface area (Å²) in [7, 11) is 1.30. The zero-order valence-electron chi connectivity index (χ0n) is 27.3. The summed E-state index contributed by atoms with van der Waals surface area (Å²) < 4.78 is 27.9. The van der Waals surface area contributed by atoms with E-state index in [1.165, 1.54) is 25.3 Å². The van der Waals surface area contributed by atoms with Crippen LogP contribution in [0.2, 0.25) is 5.02 Å². The first-order valence-corrected chi connectivity index (χ1v) is 16.0. The molecule has 0 aliphatic heterocycles. The number of hydrogen-bond acceptors (Lipinski definition) is 10. The van der Waals surface area contributed by atoms with Crippen molar-refractivity contribution < 1.29 is 43.2 Å². The minimum absolute atomic E-state index is 0.0465. The summed E-state index contributed by atoms with van der Waals surface area (Å²) in [5.41, 5.74) is 0.569. The van der Waals surface area contributed by atoms with Crippen LogP contribution in [-0.4, -0.2) is 67.2 Å². The van der Waals surface area contributed by atoms with E-state index in [4.69, 9.17) is 46.9 Å². The van der Waals surface area contributed by atoms with Crippen LogP contribution in [0.3, 0.4) is 0 Å². The van der Waals surface area contributed by atoms with Gasteiger partial charge in [-0.15, -0.1) is 11.6 Å². The molecule has 258 valence electrons. The summed E-state index contributed by atoms with van der Waals surface area (Å²) in [4.78, 5) is 36.1. The minimum Gasteiger partial charge on any atom is -0.488 e. The van der Waals surface area contributed by atoms with Crippen molar-refractivity contribution in [2.75, 3.05) is 26.1 Å². The lowest BCUT2D eigenvalue weighted by Gasteiger charge is -2.21. The van der Waals surface area contributed by atoms with E-state index in [2.05, 4.69) is 10.6 Å². The van der Waals surface area contributed by atoms with E-state index < -0.39 is 36.0 Å². The number of carbonyl (C=O) groups excluding carboxylic acids is 2. The Morgan fingerprint density at radius 2 is 1.81 bits per heavy atom. The number of carboxylic acids is 1. The zero-order chi connectivity index (χ0) is 35.0. The molecule has 47 heavy (non-hydrogen) atoms. The molecular weight excluding hydrogens is 653 g/mol. The summed E-state index contributed by atoms with van der Waals surface area (Å²) in [6, 6.07) is 8.75. The smallest absolute Gasteiger partial charge is 0.407 e. The summed E-state index contributed by atoms with van der Waals surface area (Å²) >= 11 is 12.3. The first kappa shape index (κ1) is 39.4. The average Bonchev–Trinajstić information content (AvgIpc) is 3.01. The van der Waals surface area contributed by atoms with Gasteiger partial charge in [-0.25, -0.2) is 9.59 Å². The van der Waals surface area contributed by atoms with Crippen LogP contribution < -0.4 is 20.1 Å². The number of carbonyl (C=O) groups is 3. The van der Waals surface area contributed by atoms with Crippen LogP contribution in [0.4, 0.5) is 4.79 Å². The quantitative estimate of drug-likeness (QED) is 0.0664. The maximum Gasteiger partial charge on any atom is 0.407 e. The van der Waals surface area contributed by atoms with Gasteiger partial charge in [0.2, 0.25) is 0 Å². The van der Waals surface area contributed by atoms with Gasteiger partial charge in [-0.2, -0.15) is 5.26 Å². The Morgan fingerprint density at radius 1 is 1.06 bits per heavy atom. The molecule has 0 heterocycles. The predicted molar refractivity (Wildman–Crippen MR) is 176 cm³/mol. The molecule has 0 saturated carbocycles. The van der Waals surface area contributed by atoms with E-state index in [1.807, 2.05) is 6.07 Å². The number of alkyl halides is 1. The predicted octanol–water partition coefficient (Wildman–Crippen LogP) is 6.19. The average molecular weight is 697 g/mol. The van der Waals surface area contributed by atoms with Crippen molar-refractivity contribution in [3.63, 3.8) is 0 Å². The molecule has 3 N–H and O–H groups in total. The maximum atomic E-state index is 12.6. The fraction of sp³-hybridized carbons (Fsp3) is 0.515. The molecule has 0 aliphatic carbocycles. The van der Waals surface area contributed by atoms with Crippen molar-refractivity contribution >= 4 is 41.2 Å². The highest BCUT2D eigenvalue weighted by Gasteiger charge is 2.21. The first-order valence-electron chi connectivity index (χ1n) is 15.1. The fourth-order valence-corrected chi connectivity index (χ4v) is 4.58. The number of amides is 1. The number of rotatable bonds is 19. The number of ether oxygens (including phenoxy) is 5. The Hall–Kier alpha value is -3.76. The molecule has 0 bridgehead atoms. The Bertz CT molecular complexity index is 1390. The van der Waals surface area contributed by atoms with Crippen molar-refractivity contribution in [1.82, 2.24) is 10.6 Å². The number of carboxylic acid groups (broad SMARTS) is 1. The second kappa shape index (κ2) is 19.8. The van der Waals surface area contributed by atoms with Gasteiger partial charge in [-0.05, 0) is 83.2 Å². The maximum absolute atomic E-state index is 12.6. The summed E-state index contributed by atoms with van der Waals surface area (Å²) in [6.45, 7) is 7.90. The molecular formula is C33H43Cl2N3O9. The Morgan fingerprint density at radius 3 is 2.45 bits per heavy atom. The lowest BCUT2D eigenvalue weighted by atomic mass is 10.1. The molecule has 2 rings (SSSR count). The van der Waals surface area contributed by atoms with Gasteiger partial charge in [0.15, 0.2) is 6.29 Å². The van der Waals surface area contributed by atoms with Crippen LogP contribution >= 0.6 is 23.2 Å². The standard InChI is InChI=1S/C33H43Cl2N3O9/c1-21(44-12-8-10-34)46-29-17-28(45-20-23-13-22(18-36)14-24(15-23)30(39)40)25(16-26(29)35)19-38-27(31(41)43-5)9-6-7-11-37-32(42)47-33(2,3)4/h13-17,21,27,38H,6-12,19-20H2,1-5H3,(H,37,42)(H,39,40)/t21?,27-/m0/s1. The van der Waals surface area contributed by atoms with E-state index in [0.29, 0.717) is 61.6 Å². The summed E-state index contributed by atoms with van der Waals surface area (Å²) in [5.74, 6) is -0.569. The van der Waals surface area contributed by atoms with Crippen LogP contribution in [0.5, 0.6) is 11.5 Å². The highest BCUT2D eigenvalue weighted by Crippen LogP contribution is 2.34. The first-order chi connectivity index (χ1) is 22.3. The van der Waals surface area contributed by atoms with E-state index in [-0.39, 0.29) is 35.1 Å². The molecule has 1 amide bonds. The minimum atomic E-state index is -1.17. The van der Waals surface area contributed by atoms with Crippen LogP contribution in [0.15, 0.2) is 30.3 Å². The molecule has 0 aliphatic rings. The molecule has 2 atom stereocenters. The molecule has 2 aromatic rings. The second-order valence-corrected chi connectivity index (χ2v) is 12.3. The van der Waals surface area contributed by atoms with Gasteiger partial charge < -0.3 is 39.4 Å². The summed E-state index contributed by atoms with van der Waals surface area (Å²) in [6.07, 6.45) is 1.11. The molecule has 0 aromatic heterocycles. The number of nitrogens with one attached hydrogen (secondary N) is 2. The van der Waals surface area contributed by atoms with Crippen molar-refractivity contribution in [3.05, 3.63) is 57.6 Å². The lowest BCUT2D eigenvalue weighted by Crippen LogP contribution is -2.37. The van der Waals surface area contributed by atoms with Gasteiger partial charge in [-0.3, -0.25) is 4.79 Å². The van der Waals surface area contributed by atoms with Gasteiger partial charge in [-0.1, -0.05) is 11.6 Å². The van der Waals surface area contributed by atoms with Crippen molar-refractivity contribution in [2.24, 2.45) is 0 Å². The largest absolute Gasteiger partial charge is 0.488 e. The molecule has 2 aromatic carbocycles. The highest BCUT2D eigenvalue weighted by molar-refractivity contribution is 6.32. The molecule has 0 saturated heterocycles. The van der Waals surface area contributed by atoms with Gasteiger partial charge in [0.25, 0.3) is 0 Å². The third kappa shape index (κ3) is 14.7. The monoisotopic (exact) mass is 695 g/mol. The molecule has 0 fully saturated rings. The fourth-order valence-electron chi connectivity index (χ4n) is 4.24. The van der Waals surface area contributed by atoms with E-state index in [1.54, 1.807) is 39.8 Å². The van der Waals surface area contributed by atoms with Crippen LogP contribution in [-0.2, 0) is 32.2 Å². The Balaban J connectivity index is 2.21. The van der Waals surface area contributed by atoms with E-state index in [0.717, 1.165) is 0 Å². The highest BCUT2D eigenvalue weighted by atomic mass is 35.5. The van der Waals surface area contributed by atoms with Crippen LogP contribution in [0, 0.1) is 11.3 Å². The number of benzene rings is 2. The molecule has 0 spiro atoms. The number of halogens is 2. The van der Waals surface area contributed by atoms with Crippen LogP contribution in [0.1, 0.15) is 80.4 Å². The van der Waals surface area contributed by atoms with Crippen molar-refractivity contribution in [3.8, 4) is 17.6 Å². The van der Waals surface area contributed by atoms with Crippen LogP contribution in [0.25, 0.3) is 0 Å². The second-order valence-electron chi connectivity index (χ2n) is 11.5. The van der Waals surface area contributed by atoms with Gasteiger partial charge in [0.05, 0.1) is 35.9 Å². The van der Waals surface area contributed by atoms with Gasteiger partial charge >= 0.3 is 18.0 Å². The molecule has 0 radical (unpaired) electrons. The number of nitrogens with zero attached hydrogens (tertiary/aromatic N) is 1. The number of methoxy groups -OCH3 is 1. The number of aromatic carboxylic acids is 1. The Kier molecular flexibility index (Phi) is 16.6. The third-order valence-corrected chi connectivity index (χ3v) is 6.98. The normalized spacial score (nSPS) is 12.4. The molecule has 1 unspecified atom stereocenters. The number of hydrogen-bond donors (Lipinski definition) is 3. The van der Waals surface area contributed by atoms with Crippen molar-refractivity contribution in [1.29, 1.82) is 5.26 Å². The molecule has 14 heteroatoms. The topological polar surface area (TPSA) is 165 Å². The van der Waals surface area contributed by atoms with E-state index >= 15 is 0 Å². The lowest BCUT2D eigenvalue weighted by molar-refractivity contribution is -0.143. The van der Waals surface area contributed by atoms with E-state index in [9.17, 15) is 24.8 Å². The zero-order valence-corrected chi connectivity index (χ0v) is 28.8. The number of alkyl carbamates (subject to hydrolysis) is 1. The molecule has 12 nitrogen and oxygen atoms in total. The summed E-state index contributed by atoms with van der Waals surface area (Å²) in [5, 5.41) is 25.0. The Labute approximate surface area is 285 Å². The SMILES string of the molecule is COC(=O)[C@H](CCCCNC(=O)OC(C)(C)C)NCc1cc(Cl)c(OC(C)OCCCCl)cc1OCc1cc(C#N)cc(C(=O)O)c1. The number of nitriles is 1. The van der Waals surface area contributed by atoms with Crippen molar-refractivity contribution in [2.45, 2.75) is 84.5 Å². The number of unbranched alkanes of at least 4 members (excludes halogenated alkanes) is 1. The third-order valence-electron chi connectivity index (χ3n) is 6.41.